The molecule has 0 aliphatic carbocycles. The van der Waals surface area contributed by atoms with E-state index in [4.69, 9.17) is 44.3 Å². The van der Waals surface area contributed by atoms with E-state index < -0.39 is 0 Å². The van der Waals surface area contributed by atoms with E-state index >= 15 is 0 Å². The minimum Gasteiger partial charge on any atom is -0.482 e. The molecule has 1 aromatic carbocycles. The van der Waals surface area contributed by atoms with Crippen molar-refractivity contribution in [2.75, 3.05) is 19.7 Å². The number of morpholine rings is 1. The Morgan fingerprint density at radius 1 is 1.19 bits per heavy atom. The first-order chi connectivity index (χ1) is 9.86. The Kier molecular flexibility index (Phi) is 5.60. The summed E-state index contributed by atoms with van der Waals surface area (Å²) in [6, 6.07) is 2.99. The maximum absolute atomic E-state index is 12.2. The summed E-state index contributed by atoms with van der Waals surface area (Å²) in [5.74, 6) is 0.230. The normalized spacial score (nSPS) is 22.2. The highest BCUT2D eigenvalue weighted by Crippen LogP contribution is 2.33. The van der Waals surface area contributed by atoms with Crippen LogP contribution in [0.3, 0.4) is 0 Å². The van der Waals surface area contributed by atoms with E-state index in [0.29, 0.717) is 33.9 Å². The number of halogens is 3. The van der Waals surface area contributed by atoms with Gasteiger partial charge in [0.2, 0.25) is 0 Å². The SMILES string of the molecule is C[C@@H]1CN(C(=O)COc2cc(Cl)c(Cl)cc2Cl)C[C@@H](C)O1. The summed E-state index contributed by atoms with van der Waals surface area (Å²) in [4.78, 5) is 13.9. The molecule has 116 valence electrons. The van der Waals surface area contributed by atoms with Crippen LogP contribution in [-0.4, -0.2) is 42.7 Å². The van der Waals surface area contributed by atoms with Gasteiger partial charge in [0.05, 0.1) is 27.3 Å². The Morgan fingerprint density at radius 3 is 2.38 bits per heavy atom. The molecule has 0 N–H and O–H groups in total. The van der Waals surface area contributed by atoms with E-state index in [1.165, 1.54) is 12.1 Å². The summed E-state index contributed by atoms with van der Waals surface area (Å²) in [5.41, 5.74) is 0. The van der Waals surface area contributed by atoms with Gasteiger partial charge in [-0.2, -0.15) is 0 Å². The van der Waals surface area contributed by atoms with E-state index in [9.17, 15) is 4.79 Å². The summed E-state index contributed by atoms with van der Waals surface area (Å²) in [6.07, 6.45) is 0.0394. The van der Waals surface area contributed by atoms with E-state index in [-0.39, 0.29) is 24.7 Å². The molecule has 4 nitrogen and oxygen atoms in total. The Morgan fingerprint density at radius 2 is 1.76 bits per heavy atom. The van der Waals surface area contributed by atoms with E-state index in [2.05, 4.69) is 0 Å². The Hall–Kier alpha value is -0.680. The smallest absolute Gasteiger partial charge is 0.260 e. The van der Waals surface area contributed by atoms with Gasteiger partial charge in [0.25, 0.3) is 5.91 Å². The number of ether oxygens (including phenoxy) is 2. The molecule has 0 spiro atoms. The van der Waals surface area contributed by atoms with Crippen LogP contribution in [0.2, 0.25) is 15.1 Å². The molecule has 1 aliphatic rings. The molecule has 0 radical (unpaired) electrons. The fraction of sp³-hybridized carbons (Fsp3) is 0.500. The van der Waals surface area contributed by atoms with Crippen molar-refractivity contribution >= 4 is 40.7 Å². The van der Waals surface area contributed by atoms with Crippen molar-refractivity contribution in [2.24, 2.45) is 0 Å². The minimum atomic E-state index is -0.112. The van der Waals surface area contributed by atoms with Crippen molar-refractivity contribution < 1.29 is 14.3 Å². The summed E-state index contributed by atoms with van der Waals surface area (Å²) in [7, 11) is 0. The Labute approximate surface area is 138 Å². The van der Waals surface area contributed by atoms with E-state index in [1.807, 2.05) is 13.8 Å². The van der Waals surface area contributed by atoms with Gasteiger partial charge in [-0.25, -0.2) is 0 Å². The number of amides is 1. The predicted octanol–water partition coefficient (Wildman–Crippen LogP) is 3.66. The lowest BCUT2D eigenvalue weighted by Crippen LogP contribution is -2.49. The molecule has 2 rings (SSSR count). The van der Waals surface area contributed by atoms with Crippen LogP contribution < -0.4 is 4.74 Å². The topological polar surface area (TPSA) is 38.8 Å². The quantitative estimate of drug-likeness (QED) is 0.779. The highest BCUT2D eigenvalue weighted by molar-refractivity contribution is 6.43. The van der Waals surface area contributed by atoms with Gasteiger partial charge >= 0.3 is 0 Å². The van der Waals surface area contributed by atoms with Gasteiger partial charge < -0.3 is 14.4 Å². The second-order valence-corrected chi connectivity index (χ2v) is 6.26. The van der Waals surface area contributed by atoms with Crippen molar-refractivity contribution in [1.82, 2.24) is 4.90 Å². The Bertz CT molecular complexity index is 528. The average Bonchev–Trinajstić information content (AvgIpc) is 2.40. The zero-order valence-corrected chi connectivity index (χ0v) is 14.0. The van der Waals surface area contributed by atoms with Crippen molar-refractivity contribution in [3.05, 3.63) is 27.2 Å². The zero-order chi connectivity index (χ0) is 15.6. The largest absolute Gasteiger partial charge is 0.482 e. The number of hydrogen-bond donors (Lipinski definition) is 0. The van der Waals surface area contributed by atoms with Gasteiger partial charge in [0.15, 0.2) is 6.61 Å². The van der Waals surface area contributed by atoms with Gasteiger partial charge in [-0.15, -0.1) is 0 Å². The summed E-state index contributed by atoms with van der Waals surface area (Å²) in [6.45, 7) is 4.89. The third-order valence-electron chi connectivity index (χ3n) is 3.10. The van der Waals surface area contributed by atoms with Gasteiger partial charge in [0.1, 0.15) is 5.75 Å². The van der Waals surface area contributed by atoms with Gasteiger partial charge in [-0.1, -0.05) is 34.8 Å². The fourth-order valence-corrected chi connectivity index (χ4v) is 2.82. The van der Waals surface area contributed by atoms with Crippen LogP contribution in [0, 0.1) is 0 Å². The molecule has 7 heteroatoms. The number of carbonyl (C=O) groups is 1. The van der Waals surface area contributed by atoms with Crippen LogP contribution >= 0.6 is 34.8 Å². The molecule has 0 unspecified atom stereocenters. The number of benzene rings is 1. The molecule has 21 heavy (non-hydrogen) atoms. The number of rotatable bonds is 3. The lowest BCUT2D eigenvalue weighted by molar-refractivity contribution is -0.145. The van der Waals surface area contributed by atoms with Gasteiger partial charge in [-0.3, -0.25) is 4.79 Å². The third kappa shape index (κ3) is 4.39. The van der Waals surface area contributed by atoms with Crippen molar-refractivity contribution in [1.29, 1.82) is 0 Å². The molecule has 0 bridgehead atoms. The maximum Gasteiger partial charge on any atom is 0.260 e. The molecular weight excluding hydrogens is 337 g/mol. The first kappa shape index (κ1) is 16.7. The van der Waals surface area contributed by atoms with Crippen LogP contribution in [0.4, 0.5) is 0 Å². The first-order valence-corrected chi connectivity index (χ1v) is 7.70. The van der Waals surface area contributed by atoms with Crippen LogP contribution in [-0.2, 0) is 9.53 Å². The summed E-state index contributed by atoms with van der Waals surface area (Å²) < 4.78 is 11.0. The fourth-order valence-electron chi connectivity index (χ4n) is 2.23. The van der Waals surface area contributed by atoms with Crippen molar-refractivity contribution in [2.45, 2.75) is 26.1 Å². The minimum absolute atomic E-state index is 0.0197. The summed E-state index contributed by atoms with van der Waals surface area (Å²) in [5, 5.41) is 0.995. The first-order valence-electron chi connectivity index (χ1n) is 6.57. The molecule has 1 saturated heterocycles. The van der Waals surface area contributed by atoms with Crippen LogP contribution in [0.1, 0.15) is 13.8 Å². The van der Waals surface area contributed by atoms with Crippen molar-refractivity contribution in [3.63, 3.8) is 0 Å². The lowest BCUT2D eigenvalue weighted by Gasteiger charge is -2.35. The molecule has 1 fully saturated rings. The molecule has 1 aromatic rings. The second kappa shape index (κ2) is 7.05. The van der Waals surface area contributed by atoms with E-state index in [0.717, 1.165) is 0 Å². The Balaban J connectivity index is 1.96. The second-order valence-electron chi connectivity index (χ2n) is 5.04. The highest BCUT2D eigenvalue weighted by Gasteiger charge is 2.26. The molecule has 1 heterocycles. The number of hydrogen-bond acceptors (Lipinski definition) is 3. The summed E-state index contributed by atoms with van der Waals surface area (Å²) >= 11 is 17.8. The predicted molar refractivity (Wildman–Crippen MR) is 83.6 cm³/mol. The maximum atomic E-state index is 12.2. The van der Waals surface area contributed by atoms with Crippen LogP contribution in [0.5, 0.6) is 5.75 Å². The highest BCUT2D eigenvalue weighted by atomic mass is 35.5. The molecule has 1 amide bonds. The van der Waals surface area contributed by atoms with Gasteiger partial charge in [-0.05, 0) is 19.9 Å². The van der Waals surface area contributed by atoms with Crippen LogP contribution in [0.25, 0.3) is 0 Å². The zero-order valence-electron chi connectivity index (χ0n) is 11.7. The number of nitrogens with zero attached hydrogens (tertiary/aromatic N) is 1. The third-order valence-corrected chi connectivity index (χ3v) is 4.12. The number of carbonyl (C=O) groups excluding carboxylic acids is 1. The molecule has 0 aromatic heterocycles. The lowest BCUT2D eigenvalue weighted by atomic mass is 10.2. The standard InChI is InChI=1S/C14H16Cl3NO3/c1-8-5-18(6-9(2)21-8)14(19)7-20-13-4-11(16)10(15)3-12(13)17/h3-4,8-9H,5-7H2,1-2H3/t8-,9-/m1/s1. The van der Waals surface area contributed by atoms with Crippen molar-refractivity contribution in [3.8, 4) is 5.75 Å². The molecule has 1 aliphatic heterocycles. The molecule has 0 saturated carbocycles. The van der Waals surface area contributed by atoms with E-state index in [1.54, 1.807) is 4.90 Å². The van der Waals surface area contributed by atoms with Crippen LogP contribution in [0.15, 0.2) is 12.1 Å². The average molecular weight is 353 g/mol. The van der Waals surface area contributed by atoms with Gasteiger partial charge in [0, 0.05) is 19.2 Å². The monoisotopic (exact) mass is 351 g/mol. The molecule has 2 atom stereocenters. The molecular formula is C14H16Cl3NO3.